The van der Waals surface area contributed by atoms with Crippen LogP contribution in [-0.4, -0.2) is 64.4 Å². The summed E-state index contributed by atoms with van der Waals surface area (Å²) in [6.45, 7) is 4.00. The lowest BCUT2D eigenvalue weighted by Crippen LogP contribution is -2.24. The number of fused-ring (bicyclic) bond motifs is 2. The molecule has 0 spiro atoms. The lowest BCUT2D eigenvalue weighted by atomic mass is 10.1. The molecule has 192 valence electrons. The fourth-order valence-corrected chi connectivity index (χ4v) is 4.70. The zero-order chi connectivity index (χ0) is 27.1. The van der Waals surface area contributed by atoms with Crippen molar-refractivity contribution in [3.63, 3.8) is 0 Å². The zero-order valence-corrected chi connectivity index (χ0v) is 21.8. The highest BCUT2D eigenvalue weighted by atomic mass is 33.1. The van der Waals surface area contributed by atoms with Gasteiger partial charge in [-0.2, -0.15) is 0 Å². The van der Waals surface area contributed by atoms with E-state index >= 15 is 0 Å². The van der Waals surface area contributed by atoms with Crippen LogP contribution in [0.25, 0.3) is 0 Å². The van der Waals surface area contributed by atoms with E-state index in [2.05, 4.69) is 5.32 Å². The summed E-state index contributed by atoms with van der Waals surface area (Å²) >= 11 is 0. The Bertz CT molecular complexity index is 1040. The van der Waals surface area contributed by atoms with Crippen molar-refractivity contribution < 1.29 is 33.9 Å². The lowest BCUT2D eigenvalue weighted by molar-refractivity contribution is -0.136. The van der Waals surface area contributed by atoms with Crippen molar-refractivity contribution in [3.8, 4) is 0 Å². The van der Waals surface area contributed by atoms with Crippen molar-refractivity contribution in [2.75, 3.05) is 18.6 Å². The number of nitrogens with zero attached hydrogens (tertiary/aromatic N) is 1. The Hall–Kier alpha value is -3.44. The van der Waals surface area contributed by atoms with Crippen LogP contribution in [-0.2, 0) is 9.59 Å². The van der Waals surface area contributed by atoms with Gasteiger partial charge in [-0.3, -0.25) is 34.2 Å². The van der Waals surface area contributed by atoms with Crippen LogP contribution in [0.2, 0.25) is 0 Å². The van der Waals surface area contributed by atoms with Crippen molar-refractivity contribution in [1.82, 2.24) is 10.2 Å². The third-order valence-corrected chi connectivity index (χ3v) is 6.88. The molecule has 2 aliphatic rings. The second-order valence-electron chi connectivity index (χ2n) is 6.79. The number of carboxylic acids is 1. The second-order valence-corrected chi connectivity index (χ2v) is 9.49. The van der Waals surface area contributed by atoms with Crippen molar-refractivity contribution in [1.29, 1.82) is 0 Å². The van der Waals surface area contributed by atoms with Crippen molar-refractivity contribution in [2.45, 2.75) is 26.7 Å². The van der Waals surface area contributed by atoms with Gasteiger partial charge in [0.2, 0.25) is 0 Å². The Kier molecular flexibility index (Phi) is 13.8. The topological polar surface area (TPSA) is 138 Å². The SMILES string of the molecule is CC.CN1C(=O)c2ccccc2C1=O.O=C1NC(=O)c2ccccc21.O=CCCSSCCC(=O)O. The maximum atomic E-state index is 11.3. The Morgan fingerprint density at radius 3 is 1.67 bits per heavy atom. The van der Waals surface area contributed by atoms with Gasteiger partial charge in [0.25, 0.3) is 23.6 Å². The molecule has 0 radical (unpaired) electrons. The summed E-state index contributed by atoms with van der Waals surface area (Å²) in [7, 11) is 4.53. The van der Waals surface area contributed by atoms with E-state index in [1.54, 1.807) is 59.3 Å². The predicted octanol–water partition coefficient (Wildman–Crippen LogP) is 3.94. The highest BCUT2D eigenvalue weighted by molar-refractivity contribution is 8.76. The van der Waals surface area contributed by atoms with Crippen LogP contribution in [0.5, 0.6) is 0 Å². The molecule has 0 saturated carbocycles. The van der Waals surface area contributed by atoms with Gasteiger partial charge in [-0.05, 0) is 24.3 Å². The third-order valence-electron chi connectivity index (χ3n) is 4.44. The minimum absolute atomic E-state index is 0.193. The quantitative estimate of drug-likeness (QED) is 0.235. The van der Waals surface area contributed by atoms with E-state index in [4.69, 9.17) is 5.11 Å². The summed E-state index contributed by atoms with van der Waals surface area (Å²) in [6, 6.07) is 13.6. The summed E-state index contributed by atoms with van der Waals surface area (Å²) in [5.41, 5.74) is 1.95. The molecule has 0 unspecified atom stereocenters. The van der Waals surface area contributed by atoms with E-state index in [1.165, 1.54) is 17.8 Å². The molecule has 2 N–H and O–H groups in total. The third kappa shape index (κ3) is 8.97. The fourth-order valence-electron chi connectivity index (χ4n) is 2.77. The first-order valence-electron chi connectivity index (χ1n) is 11.0. The van der Waals surface area contributed by atoms with Crippen LogP contribution < -0.4 is 5.32 Å². The number of imide groups is 2. The van der Waals surface area contributed by atoms with Gasteiger partial charge in [0.15, 0.2) is 0 Å². The summed E-state index contributed by atoms with van der Waals surface area (Å²) in [5, 5.41) is 10.4. The number of carboxylic acid groups (broad SMARTS) is 1. The van der Waals surface area contributed by atoms with E-state index in [9.17, 15) is 28.8 Å². The maximum Gasteiger partial charge on any atom is 0.304 e. The number of aldehydes is 1. The zero-order valence-electron chi connectivity index (χ0n) is 20.2. The van der Waals surface area contributed by atoms with E-state index in [0.29, 0.717) is 34.4 Å². The molecule has 0 saturated heterocycles. The first-order chi connectivity index (χ1) is 17.3. The van der Waals surface area contributed by atoms with Crippen molar-refractivity contribution in [3.05, 3.63) is 70.8 Å². The molecule has 2 aromatic carbocycles. The van der Waals surface area contributed by atoms with Gasteiger partial charge in [0.1, 0.15) is 6.29 Å². The second kappa shape index (κ2) is 16.3. The smallest absolute Gasteiger partial charge is 0.304 e. The number of carbonyl (C=O) groups is 6. The fraction of sp³-hybridized carbons (Fsp3) is 0.280. The molecule has 2 aliphatic heterocycles. The minimum Gasteiger partial charge on any atom is -0.481 e. The molecule has 0 aliphatic carbocycles. The number of hydrogen-bond acceptors (Lipinski definition) is 8. The number of nitrogens with one attached hydrogen (secondary N) is 1. The Morgan fingerprint density at radius 2 is 1.25 bits per heavy atom. The highest BCUT2D eigenvalue weighted by Gasteiger charge is 2.31. The molecule has 0 bridgehead atoms. The van der Waals surface area contributed by atoms with E-state index in [1.807, 2.05) is 13.8 Å². The Labute approximate surface area is 217 Å². The standard InChI is InChI=1S/C9H7NO2.C8H5NO2.C6H10O3S2.C2H6/c1-10-8(11)6-4-2-3-5-7(6)9(10)12;10-7-5-3-1-2-4-6(5)8(11)9-7;7-3-1-4-10-11-5-2-6(8)9;1-2/h2-5H,1H3;1-4H,(H,9,10,11);3H,1-2,4-5H2,(H,8,9);1-2H3. The molecule has 9 nitrogen and oxygen atoms in total. The van der Waals surface area contributed by atoms with Gasteiger partial charge in [-0.1, -0.05) is 59.7 Å². The normalized spacial score (nSPS) is 12.6. The average Bonchev–Trinajstić information content (AvgIpc) is 3.31. The number of carbonyl (C=O) groups excluding carboxylic acids is 5. The molecule has 2 aromatic rings. The molecular formula is C25H28N2O7S2. The van der Waals surface area contributed by atoms with Gasteiger partial charge in [0.05, 0.1) is 28.7 Å². The molecule has 0 aromatic heterocycles. The van der Waals surface area contributed by atoms with Crippen LogP contribution in [0.15, 0.2) is 48.5 Å². The first-order valence-corrected chi connectivity index (χ1v) is 13.5. The number of amides is 4. The van der Waals surface area contributed by atoms with Crippen molar-refractivity contribution in [2.24, 2.45) is 0 Å². The van der Waals surface area contributed by atoms with Gasteiger partial charge >= 0.3 is 5.97 Å². The van der Waals surface area contributed by atoms with Crippen LogP contribution in [0, 0.1) is 0 Å². The number of rotatable bonds is 7. The average molecular weight is 533 g/mol. The number of hydrogen-bond donors (Lipinski definition) is 2. The molecule has 11 heteroatoms. The summed E-state index contributed by atoms with van der Waals surface area (Å²) < 4.78 is 0. The van der Waals surface area contributed by atoms with Gasteiger partial charge in [-0.15, -0.1) is 0 Å². The van der Waals surface area contributed by atoms with Crippen LogP contribution in [0.3, 0.4) is 0 Å². The van der Waals surface area contributed by atoms with E-state index in [0.717, 1.165) is 16.9 Å². The Balaban J connectivity index is 0.000000261. The summed E-state index contributed by atoms with van der Waals surface area (Å²) in [4.78, 5) is 65.5. The minimum atomic E-state index is -0.770. The molecular weight excluding hydrogens is 504 g/mol. The summed E-state index contributed by atoms with van der Waals surface area (Å²) in [5.74, 6) is -0.414. The van der Waals surface area contributed by atoms with E-state index < -0.39 is 5.97 Å². The van der Waals surface area contributed by atoms with Gasteiger partial charge in [-0.25, -0.2) is 0 Å². The largest absolute Gasteiger partial charge is 0.481 e. The number of aliphatic carboxylic acids is 1. The number of benzene rings is 2. The molecule has 0 fully saturated rings. The molecule has 36 heavy (non-hydrogen) atoms. The predicted molar refractivity (Wildman–Crippen MR) is 140 cm³/mol. The van der Waals surface area contributed by atoms with E-state index in [-0.39, 0.29) is 30.0 Å². The molecule has 4 rings (SSSR count). The van der Waals surface area contributed by atoms with Gasteiger partial charge < -0.3 is 9.90 Å². The molecule has 0 atom stereocenters. The maximum absolute atomic E-state index is 11.3. The van der Waals surface area contributed by atoms with Crippen LogP contribution in [0.4, 0.5) is 0 Å². The first kappa shape index (κ1) is 30.6. The molecule has 2 heterocycles. The lowest BCUT2D eigenvalue weighted by Gasteiger charge is -2.02. The monoisotopic (exact) mass is 532 g/mol. The highest BCUT2D eigenvalue weighted by Crippen LogP contribution is 2.22. The molecule has 4 amide bonds. The van der Waals surface area contributed by atoms with Gasteiger partial charge in [0, 0.05) is 25.0 Å². The summed E-state index contributed by atoms with van der Waals surface area (Å²) in [6.07, 6.45) is 1.61. The van der Waals surface area contributed by atoms with Crippen LogP contribution >= 0.6 is 21.6 Å². The van der Waals surface area contributed by atoms with Crippen LogP contribution in [0.1, 0.15) is 68.1 Å². The Morgan fingerprint density at radius 1 is 0.833 bits per heavy atom. The van der Waals surface area contributed by atoms with Crippen molar-refractivity contribution >= 4 is 57.5 Å².